The lowest BCUT2D eigenvalue weighted by Crippen LogP contribution is -2.36. The molecule has 0 heterocycles. The summed E-state index contributed by atoms with van der Waals surface area (Å²) in [5.41, 5.74) is 0. The van der Waals surface area contributed by atoms with Crippen molar-refractivity contribution in [3.63, 3.8) is 0 Å². The first-order chi connectivity index (χ1) is 6.47. The zero-order valence-corrected chi connectivity index (χ0v) is 10.0. The van der Waals surface area contributed by atoms with E-state index in [-0.39, 0.29) is 17.9 Å². The monoisotopic (exact) mass is 221 g/mol. The topological polar surface area (TPSA) is 55.4 Å². The van der Waals surface area contributed by atoms with Crippen molar-refractivity contribution in [3.8, 4) is 0 Å². The number of carbonyl (C=O) groups excluding carboxylic acids is 1. The summed E-state index contributed by atoms with van der Waals surface area (Å²) in [5, 5.41) is 3.14. The van der Waals surface area contributed by atoms with Crippen LogP contribution in [0.3, 0.4) is 0 Å². The number of carbonyl (C=O) groups is 1. The first kappa shape index (κ1) is 13.6. The van der Waals surface area contributed by atoms with Gasteiger partial charge in [0, 0.05) is 35.4 Å². The summed E-state index contributed by atoms with van der Waals surface area (Å²) in [6.45, 7) is 4.31. The number of hydrogen-bond acceptors (Lipinski definition) is 4. The molecule has 0 radical (unpaired) electrons. The lowest BCUT2D eigenvalue weighted by Gasteiger charge is -2.15. The van der Waals surface area contributed by atoms with E-state index in [0.29, 0.717) is 12.3 Å². The van der Waals surface area contributed by atoms with Crippen LogP contribution < -0.4 is 5.32 Å². The van der Waals surface area contributed by atoms with Crippen molar-refractivity contribution in [2.75, 3.05) is 25.7 Å². The van der Waals surface area contributed by atoms with E-state index in [4.69, 9.17) is 0 Å². The molecule has 0 saturated heterocycles. The van der Waals surface area contributed by atoms with E-state index < -0.39 is 10.8 Å². The lowest BCUT2D eigenvalue weighted by molar-refractivity contribution is -0.144. The molecule has 0 spiro atoms. The van der Waals surface area contributed by atoms with Gasteiger partial charge in [-0.05, 0) is 6.92 Å². The van der Waals surface area contributed by atoms with Crippen LogP contribution in [0.4, 0.5) is 0 Å². The van der Waals surface area contributed by atoms with E-state index in [9.17, 15) is 9.00 Å². The van der Waals surface area contributed by atoms with Crippen molar-refractivity contribution in [2.24, 2.45) is 5.92 Å². The Balaban J connectivity index is 3.71. The van der Waals surface area contributed by atoms with Crippen molar-refractivity contribution in [2.45, 2.75) is 19.9 Å². The Bertz CT molecular complexity index is 208. The maximum atomic E-state index is 11.0. The van der Waals surface area contributed by atoms with Crippen LogP contribution in [0.5, 0.6) is 0 Å². The Hall–Kier alpha value is -0.420. The normalized spacial score (nSPS) is 17.1. The van der Waals surface area contributed by atoms with Crippen molar-refractivity contribution in [1.29, 1.82) is 0 Å². The number of nitrogens with one attached hydrogen (secondary N) is 1. The molecule has 3 unspecified atom stereocenters. The number of rotatable bonds is 6. The van der Waals surface area contributed by atoms with Crippen molar-refractivity contribution in [3.05, 3.63) is 0 Å². The molecule has 5 heteroatoms. The van der Waals surface area contributed by atoms with E-state index in [1.165, 1.54) is 7.11 Å². The minimum Gasteiger partial charge on any atom is -0.469 e. The van der Waals surface area contributed by atoms with Crippen LogP contribution in [0.2, 0.25) is 0 Å². The van der Waals surface area contributed by atoms with Crippen LogP contribution in [0.15, 0.2) is 0 Å². The Morgan fingerprint density at radius 2 is 2.07 bits per heavy atom. The van der Waals surface area contributed by atoms with E-state index in [1.807, 2.05) is 6.92 Å². The highest BCUT2D eigenvalue weighted by Gasteiger charge is 2.13. The molecule has 0 aromatic heterocycles. The SMILES string of the molecule is COC(=O)C(C)CNC(C)CS(C)=O. The van der Waals surface area contributed by atoms with Gasteiger partial charge in [-0.3, -0.25) is 9.00 Å². The van der Waals surface area contributed by atoms with Crippen LogP contribution >= 0.6 is 0 Å². The lowest BCUT2D eigenvalue weighted by atomic mass is 10.2. The summed E-state index contributed by atoms with van der Waals surface area (Å²) in [6.07, 6.45) is 1.67. The predicted molar refractivity (Wildman–Crippen MR) is 57.6 cm³/mol. The molecule has 84 valence electrons. The van der Waals surface area contributed by atoms with Crippen LogP contribution in [-0.2, 0) is 20.3 Å². The first-order valence-corrected chi connectivity index (χ1v) is 6.31. The van der Waals surface area contributed by atoms with Crippen molar-refractivity contribution in [1.82, 2.24) is 5.32 Å². The van der Waals surface area contributed by atoms with E-state index >= 15 is 0 Å². The van der Waals surface area contributed by atoms with Crippen LogP contribution in [0, 0.1) is 5.92 Å². The molecule has 0 fully saturated rings. The zero-order chi connectivity index (χ0) is 11.1. The van der Waals surface area contributed by atoms with Gasteiger partial charge >= 0.3 is 5.97 Å². The molecule has 14 heavy (non-hydrogen) atoms. The second-order valence-electron chi connectivity index (χ2n) is 3.47. The van der Waals surface area contributed by atoms with Crippen molar-refractivity contribution >= 4 is 16.8 Å². The number of ether oxygens (including phenoxy) is 1. The van der Waals surface area contributed by atoms with E-state index in [0.717, 1.165) is 0 Å². The van der Waals surface area contributed by atoms with Gasteiger partial charge in [-0.2, -0.15) is 0 Å². The minimum absolute atomic E-state index is 0.159. The Labute approximate surface area is 87.9 Å². The van der Waals surface area contributed by atoms with E-state index in [1.54, 1.807) is 13.2 Å². The van der Waals surface area contributed by atoms with Crippen LogP contribution in [-0.4, -0.2) is 41.9 Å². The predicted octanol–water partition coefficient (Wildman–Crippen LogP) is 0.152. The highest BCUT2D eigenvalue weighted by atomic mass is 32.2. The van der Waals surface area contributed by atoms with Gasteiger partial charge in [-0.25, -0.2) is 0 Å². The number of hydrogen-bond donors (Lipinski definition) is 1. The molecule has 4 nitrogen and oxygen atoms in total. The first-order valence-electron chi connectivity index (χ1n) is 4.58. The third-order valence-electron chi connectivity index (χ3n) is 1.86. The van der Waals surface area contributed by atoms with Gasteiger partial charge in [0.2, 0.25) is 0 Å². The zero-order valence-electron chi connectivity index (χ0n) is 9.20. The molecule has 0 aliphatic carbocycles. The highest BCUT2D eigenvalue weighted by Crippen LogP contribution is 1.96. The molecule has 0 aromatic carbocycles. The maximum absolute atomic E-state index is 11.0. The van der Waals surface area contributed by atoms with Crippen LogP contribution in [0.1, 0.15) is 13.8 Å². The largest absolute Gasteiger partial charge is 0.469 e. The Kier molecular flexibility index (Phi) is 6.74. The third kappa shape index (κ3) is 6.10. The number of methoxy groups -OCH3 is 1. The summed E-state index contributed by atoms with van der Waals surface area (Å²) < 4.78 is 15.5. The smallest absolute Gasteiger partial charge is 0.309 e. The summed E-state index contributed by atoms with van der Waals surface area (Å²) in [7, 11) is 0.577. The highest BCUT2D eigenvalue weighted by molar-refractivity contribution is 7.84. The van der Waals surface area contributed by atoms with Gasteiger partial charge in [0.15, 0.2) is 0 Å². The standard InChI is InChI=1S/C9H19NO3S/c1-7(9(11)13-3)5-10-8(2)6-14(4)12/h7-8,10H,5-6H2,1-4H3. The molecule has 3 atom stereocenters. The second kappa shape index (κ2) is 6.95. The van der Waals surface area contributed by atoms with Gasteiger partial charge in [0.25, 0.3) is 0 Å². The molecular formula is C9H19NO3S. The molecule has 0 aromatic rings. The quantitative estimate of drug-likeness (QED) is 0.649. The molecular weight excluding hydrogens is 202 g/mol. The Morgan fingerprint density at radius 1 is 1.50 bits per heavy atom. The maximum Gasteiger partial charge on any atom is 0.309 e. The molecule has 0 bridgehead atoms. The number of esters is 1. The summed E-state index contributed by atoms with van der Waals surface area (Å²) in [6, 6.07) is 0.160. The fourth-order valence-corrected chi connectivity index (χ4v) is 1.90. The molecule has 1 N–H and O–H groups in total. The average molecular weight is 221 g/mol. The van der Waals surface area contributed by atoms with Gasteiger partial charge in [0.1, 0.15) is 0 Å². The van der Waals surface area contributed by atoms with Gasteiger partial charge in [0.05, 0.1) is 13.0 Å². The van der Waals surface area contributed by atoms with Gasteiger partial charge in [-0.1, -0.05) is 6.92 Å². The fraction of sp³-hybridized carbons (Fsp3) is 0.889. The van der Waals surface area contributed by atoms with Gasteiger partial charge < -0.3 is 10.1 Å². The summed E-state index contributed by atoms with van der Waals surface area (Å²) in [4.78, 5) is 11.0. The average Bonchev–Trinajstić information content (AvgIpc) is 2.11. The summed E-state index contributed by atoms with van der Waals surface area (Å²) in [5.74, 6) is 0.225. The molecule has 0 saturated carbocycles. The molecule has 0 rings (SSSR count). The molecule has 0 amide bonds. The second-order valence-corrected chi connectivity index (χ2v) is 4.95. The van der Waals surface area contributed by atoms with E-state index in [2.05, 4.69) is 10.1 Å². The minimum atomic E-state index is -0.802. The third-order valence-corrected chi connectivity index (χ3v) is 2.83. The van der Waals surface area contributed by atoms with Crippen molar-refractivity contribution < 1.29 is 13.7 Å². The Morgan fingerprint density at radius 3 is 2.50 bits per heavy atom. The molecule has 0 aliphatic rings. The van der Waals surface area contributed by atoms with Crippen LogP contribution in [0.25, 0.3) is 0 Å². The fourth-order valence-electron chi connectivity index (χ4n) is 1.07. The summed E-state index contributed by atoms with van der Waals surface area (Å²) >= 11 is 0. The molecule has 0 aliphatic heterocycles. The van der Waals surface area contributed by atoms with Gasteiger partial charge in [-0.15, -0.1) is 0 Å².